The molecule has 3 heterocycles. The van der Waals surface area contributed by atoms with Crippen molar-refractivity contribution in [2.75, 3.05) is 44.2 Å². The molecule has 0 atom stereocenters. The molecule has 0 unspecified atom stereocenters. The third-order valence-corrected chi connectivity index (χ3v) is 7.82. The van der Waals surface area contributed by atoms with E-state index in [2.05, 4.69) is 26.9 Å². The smallest absolute Gasteiger partial charge is 0.244 e. The lowest BCUT2D eigenvalue weighted by Crippen LogP contribution is -2.46. The van der Waals surface area contributed by atoms with Gasteiger partial charge in [0.1, 0.15) is 10.7 Å². The average Bonchev–Trinajstić information content (AvgIpc) is 2.77. The van der Waals surface area contributed by atoms with Gasteiger partial charge in [-0.25, -0.2) is 13.4 Å². The van der Waals surface area contributed by atoms with Crippen LogP contribution in [0.4, 0.5) is 5.82 Å². The topological polar surface area (TPSA) is 56.8 Å². The predicted molar refractivity (Wildman–Crippen MR) is 116 cm³/mol. The fourth-order valence-electron chi connectivity index (χ4n) is 3.95. The van der Waals surface area contributed by atoms with Crippen molar-refractivity contribution in [3.8, 4) is 0 Å². The number of benzene rings is 1. The summed E-state index contributed by atoms with van der Waals surface area (Å²) < 4.78 is 27.1. The standard InChI is InChI=1S/C21H27ClN4O2S/c22-19-6-4-18(5-7-19)17-24-12-14-25(15-13-24)21-9-8-20(16-23-21)29(27,28)26-10-2-1-3-11-26/h4-9,16H,1-3,10-15,17H2. The molecule has 29 heavy (non-hydrogen) atoms. The van der Waals surface area contributed by atoms with Crippen LogP contribution in [0.2, 0.25) is 5.02 Å². The van der Waals surface area contributed by atoms with Gasteiger partial charge in [0, 0.05) is 57.0 Å². The summed E-state index contributed by atoms with van der Waals surface area (Å²) in [7, 11) is -3.42. The molecule has 8 heteroatoms. The number of piperazine rings is 1. The monoisotopic (exact) mass is 434 g/mol. The van der Waals surface area contributed by atoms with E-state index in [1.807, 2.05) is 18.2 Å². The minimum atomic E-state index is -3.42. The molecule has 4 rings (SSSR count). The molecular formula is C21H27ClN4O2S. The Kier molecular flexibility index (Phi) is 6.39. The Bertz CT molecular complexity index is 905. The summed E-state index contributed by atoms with van der Waals surface area (Å²) in [5.74, 6) is 0.841. The Balaban J connectivity index is 1.34. The summed E-state index contributed by atoms with van der Waals surface area (Å²) in [4.78, 5) is 9.39. The van der Waals surface area contributed by atoms with Crippen LogP contribution < -0.4 is 4.90 Å². The molecule has 0 amide bonds. The zero-order valence-electron chi connectivity index (χ0n) is 16.5. The fourth-order valence-corrected chi connectivity index (χ4v) is 5.54. The lowest BCUT2D eigenvalue weighted by Gasteiger charge is -2.35. The summed E-state index contributed by atoms with van der Waals surface area (Å²) in [5, 5.41) is 0.760. The highest BCUT2D eigenvalue weighted by atomic mass is 35.5. The summed E-state index contributed by atoms with van der Waals surface area (Å²) in [5.41, 5.74) is 1.26. The first-order chi connectivity index (χ1) is 14.0. The second-order valence-electron chi connectivity index (χ2n) is 7.71. The first kappa shape index (κ1) is 20.6. The lowest BCUT2D eigenvalue weighted by molar-refractivity contribution is 0.249. The van der Waals surface area contributed by atoms with Gasteiger partial charge in [-0.3, -0.25) is 4.90 Å². The van der Waals surface area contributed by atoms with Crippen molar-refractivity contribution >= 4 is 27.4 Å². The molecule has 0 spiro atoms. The SMILES string of the molecule is O=S(=O)(c1ccc(N2CCN(Cc3ccc(Cl)cc3)CC2)nc1)N1CCCCC1. The first-order valence-corrected chi connectivity index (χ1v) is 12.0. The van der Waals surface area contributed by atoms with Gasteiger partial charge in [0.05, 0.1) is 0 Å². The van der Waals surface area contributed by atoms with Crippen LogP contribution in [0.5, 0.6) is 0 Å². The highest BCUT2D eigenvalue weighted by Gasteiger charge is 2.26. The van der Waals surface area contributed by atoms with Crippen LogP contribution in [0.15, 0.2) is 47.5 Å². The second kappa shape index (κ2) is 9.00. The number of piperidine rings is 1. The number of halogens is 1. The van der Waals surface area contributed by atoms with Crippen LogP contribution in [0, 0.1) is 0 Å². The van der Waals surface area contributed by atoms with E-state index in [-0.39, 0.29) is 0 Å². The van der Waals surface area contributed by atoms with Gasteiger partial charge < -0.3 is 4.90 Å². The van der Waals surface area contributed by atoms with Crippen LogP contribution >= 0.6 is 11.6 Å². The molecule has 156 valence electrons. The van der Waals surface area contributed by atoms with Gasteiger partial charge in [-0.15, -0.1) is 0 Å². The fraction of sp³-hybridized carbons (Fsp3) is 0.476. The van der Waals surface area contributed by atoms with Crippen molar-refractivity contribution in [3.05, 3.63) is 53.2 Å². The van der Waals surface area contributed by atoms with Crippen molar-refractivity contribution < 1.29 is 8.42 Å². The van der Waals surface area contributed by atoms with E-state index in [0.29, 0.717) is 18.0 Å². The quantitative estimate of drug-likeness (QED) is 0.723. The molecule has 0 aliphatic carbocycles. The molecule has 6 nitrogen and oxygen atoms in total. The van der Waals surface area contributed by atoms with Crippen LogP contribution in [-0.4, -0.2) is 61.9 Å². The highest BCUT2D eigenvalue weighted by molar-refractivity contribution is 7.89. The average molecular weight is 435 g/mol. The summed E-state index contributed by atoms with van der Waals surface area (Å²) in [6.07, 6.45) is 4.49. The van der Waals surface area contributed by atoms with Crippen LogP contribution in [0.1, 0.15) is 24.8 Å². The van der Waals surface area contributed by atoms with Gasteiger partial charge >= 0.3 is 0 Å². The normalized spacial score (nSPS) is 19.4. The summed E-state index contributed by atoms with van der Waals surface area (Å²) >= 11 is 5.96. The molecule has 2 saturated heterocycles. The van der Waals surface area contributed by atoms with Crippen molar-refractivity contribution in [1.29, 1.82) is 0 Å². The van der Waals surface area contributed by atoms with E-state index in [1.165, 1.54) is 11.8 Å². The van der Waals surface area contributed by atoms with Crippen molar-refractivity contribution in [3.63, 3.8) is 0 Å². The number of pyridine rings is 1. The molecule has 2 aliphatic heterocycles. The number of hydrogen-bond donors (Lipinski definition) is 0. The van der Waals surface area contributed by atoms with Gasteiger partial charge in [-0.05, 0) is 42.7 Å². The van der Waals surface area contributed by atoms with Gasteiger partial charge in [-0.2, -0.15) is 4.31 Å². The number of hydrogen-bond acceptors (Lipinski definition) is 5. The van der Waals surface area contributed by atoms with E-state index in [4.69, 9.17) is 11.6 Å². The lowest BCUT2D eigenvalue weighted by atomic mass is 10.2. The maximum atomic E-state index is 12.8. The van der Waals surface area contributed by atoms with E-state index in [9.17, 15) is 8.42 Å². The molecule has 0 N–H and O–H groups in total. The van der Waals surface area contributed by atoms with E-state index in [0.717, 1.165) is 62.8 Å². The van der Waals surface area contributed by atoms with Gasteiger partial charge in [0.15, 0.2) is 0 Å². The maximum absolute atomic E-state index is 12.8. The number of rotatable bonds is 5. The molecule has 0 bridgehead atoms. The van der Waals surface area contributed by atoms with E-state index >= 15 is 0 Å². The number of nitrogens with zero attached hydrogens (tertiary/aromatic N) is 4. The Labute approximate surface area is 178 Å². The largest absolute Gasteiger partial charge is 0.354 e. The molecule has 1 aromatic heterocycles. The third kappa shape index (κ3) is 4.91. The first-order valence-electron chi connectivity index (χ1n) is 10.2. The maximum Gasteiger partial charge on any atom is 0.244 e. The summed E-state index contributed by atoms with van der Waals surface area (Å²) in [6.45, 7) is 5.76. The molecule has 2 fully saturated rings. The van der Waals surface area contributed by atoms with Crippen LogP contribution in [0.25, 0.3) is 0 Å². The van der Waals surface area contributed by atoms with Gasteiger partial charge in [0.25, 0.3) is 0 Å². The number of anilines is 1. The molecular weight excluding hydrogens is 408 g/mol. The van der Waals surface area contributed by atoms with Crippen LogP contribution in [-0.2, 0) is 16.6 Å². The molecule has 2 aromatic rings. The highest BCUT2D eigenvalue weighted by Crippen LogP contribution is 2.22. The van der Waals surface area contributed by atoms with E-state index in [1.54, 1.807) is 10.4 Å². The minimum Gasteiger partial charge on any atom is -0.354 e. The molecule has 0 saturated carbocycles. The van der Waals surface area contributed by atoms with E-state index < -0.39 is 10.0 Å². The predicted octanol–water partition coefficient (Wildman–Crippen LogP) is 3.23. The Morgan fingerprint density at radius 1 is 0.862 bits per heavy atom. The second-order valence-corrected chi connectivity index (χ2v) is 10.1. The summed E-state index contributed by atoms with van der Waals surface area (Å²) in [6, 6.07) is 11.5. The van der Waals surface area contributed by atoms with Crippen LogP contribution in [0.3, 0.4) is 0 Å². The third-order valence-electron chi connectivity index (χ3n) is 5.69. The van der Waals surface area contributed by atoms with Crippen molar-refractivity contribution in [2.45, 2.75) is 30.7 Å². The number of aromatic nitrogens is 1. The zero-order valence-corrected chi connectivity index (χ0v) is 18.1. The minimum absolute atomic E-state index is 0.296. The number of sulfonamides is 1. The Morgan fingerprint density at radius 3 is 2.17 bits per heavy atom. The Morgan fingerprint density at radius 2 is 1.55 bits per heavy atom. The molecule has 1 aromatic carbocycles. The molecule has 0 radical (unpaired) electrons. The van der Waals surface area contributed by atoms with Gasteiger partial charge in [-0.1, -0.05) is 30.2 Å². The van der Waals surface area contributed by atoms with Crippen molar-refractivity contribution in [2.24, 2.45) is 0 Å². The Hall–Kier alpha value is -1.67. The van der Waals surface area contributed by atoms with Gasteiger partial charge in [0.2, 0.25) is 10.0 Å². The van der Waals surface area contributed by atoms with Crippen molar-refractivity contribution in [1.82, 2.24) is 14.2 Å². The zero-order chi connectivity index (χ0) is 20.3. The molecule has 2 aliphatic rings.